The number of aromatic nitrogens is 5. The minimum atomic E-state index is 0.0689. The minimum Gasteiger partial charge on any atom is -0.338 e. The Morgan fingerprint density at radius 3 is 2.81 bits per heavy atom. The Kier molecular flexibility index (Phi) is 5.19. The zero-order valence-electron chi connectivity index (χ0n) is 19.3. The van der Waals surface area contributed by atoms with Gasteiger partial charge in [-0.3, -0.25) is 9.48 Å². The number of fused-ring (bicyclic) bond motifs is 2. The van der Waals surface area contributed by atoms with E-state index in [2.05, 4.69) is 39.8 Å². The first-order chi connectivity index (χ1) is 15.5. The van der Waals surface area contributed by atoms with Gasteiger partial charge in [0.15, 0.2) is 5.65 Å². The SMILES string of the molecule is CCCn1c(C2CCCN(C(=O)c3cc(C)nc4c3c(C)nn4C)C2)nc2ccccc21. The van der Waals surface area contributed by atoms with Gasteiger partial charge in [0.1, 0.15) is 5.82 Å². The van der Waals surface area contributed by atoms with E-state index in [1.54, 1.807) is 4.68 Å². The van der Waals surface area contributed by atoms with Crippen LogP contribution in [0.1, 0.15) is 59.7 Å². The maximum Gasteiger partial charge on any atom is 0.254 e. The van der Waals surface area contributed by atoms with Crippen molar-refractivity contribution in [2.75, 3.05) is 13.1 Å². The lowest BCUT2D eigenvalue weighted by molar-refractivity contribution is 0.0705. The van der Waals surface area contributed by atoms with Gasteiger partial charge < -0.3 is 9.47 Å². The van der Waals surface area contributed by atoms with Crippen LogP contribution in [0.5, 0.6) is 0 Å². The highest BCUT2D eigenvalue weighted by atomic mass is 16.2. The lowest BCUT2D eigenvalue weighted by atomic mass is 9.96. The smallest absolute Gasteiger partial charge is 0.254 e. The van der Waals surface area contributed by atoms with Gasteiger partial charge in [-0.1, -0.05) is 19.1 Å². The summed E-state index contributed by atoms with van der Waals surface area (Å²) in [4.78, 5) is 25.3. The second kappa shape index (κ2) is 8.04. The van der Waals surface area contributed by atoms with E-state index in [9.17, 15) is 4.79 Å². The molecule has 1 aliphatic heterocycles. The number of amides is 1. The van der Waals surface area contributed by atoms with Gasteiger partial charge in [0.2, 0.25) is 0 Å². The molecule has 5 rings (SSSR count). The maximum atomic E-state index is 13.7. The number of carbonyl (C=O) groups is 1. The van der Waals surface area contributed by atoms with Crippen LogP contribution in [0.4, 0.5) is 0 Å². The van der Waals surface area contributed by atoms with Crippen molar-refractivity contribution in [3.63, 3.8) is 0 Å². The number of imidazole rings is 1. The quantitative estimate of drug-likeness (QED) is 0.482. The Hall–Kier alpha value is -3.22. The lowest BCUT2D eigenvalue weighted by Crippen LogP contribution is -2.40. The summed E-state index contributed by atoms with van der Waals surface area (Å²) in [7, 11) is 1.88. The Morgan fingerprint density at radius 2 is 2.00 bits per heavy atom. The third kappa shape index (κ3) is 3.36. The summed E-state index contributed by atoms with van der Waals surface area (Å²) in [5.74, 6) is 1.42. The highest BCUT2D eigenvalue weighted by molar-refractivity contribution is 6.06. The lowest BCUT2D eigenvalue weighted by Gasteiger charge is -2.33. The van der Waals surface area contributed by atoms with Crippen LogP contribution < -0.4 is 0 Å². The first-order valence-corrected chi connectivity index (χ1v) is 11.5. The van der Waals surface area contributed by atoms with Crippen molar-refractivity contribution in [1.29, 1.82) is 0 Å². The van der Waals surface area contributed by atoms with E-state index in [1.165, 1.54) is 5.52 Å². The molecule has 7 nitrogen and oxygen atoms in total. The molecule has 0 saturated carbocycles. The molecule has 3 aromatic heterocycles. The summed E-state index contributed by atoms with van der Waals surface area (Å²) in [6.07, 6.45) is 3.08. The summed E-state index contributed by atoms with van der Waals surface area (Å²) in [5, 5.41) is 5.37. The van der Waals surface area contributed by atoms with Gasteiger partial charge >= 0.3 is 0 Å². The number of hydrogen-bond acceptors (Lipinski definition) is 4. The average molecular weight is 431 g/mol. The number of hydrogen-bond donors (Lipinski definition) is 0. The number of para-hydroxylation sites is 2. The number of piperidine rings is 1. The van der Waals surface area contributed by atoms with Gasteiger partial charge in [0, 0.05) is 38.3 Å². The summed E-state index contributed by atoms with van der Waals surface area (Å²) in [6, 6.07) is 10.3. The zero-order chi connectivity index (χ0) is 22.4. The van der Waals surface area contributed by atoms with E-state index in [0.717, 1.165) is 66.1 Å². The third-order valence-corrected chi connectivity index (χ3v) is 6.53. The Bertz CT molecular complexity index is 1320. The fourth-order valence-electron chi connectivity index (χ4n) is 5.15. The van der Waals surface area contributed by atoms with Gasteiger partial charge in [-0.05, 0) is 51.3 Å². The van der Waals surface area contributed by atoms with Crippen LogP contribution >= 0.6 is 0 Å². The summed E-state index contributed by atoms with van der Waals surface area (Å²) < 4.78 is 4.12. The predicted molar refractivity (Wildman–Crippen MR) is 126 cm³/mol. The fraction of sp³-hybridized carbons (Fsp3) is 0.440. The molecule has 1 fully saturated rings. The van der Waals surface area contributed by atoms with Crippen molar-refractivity contribution in [3.05, 3.63) is 53.1 Å². The van der Waals surface area contributed by atoms with Crippen molar-refractivity contribution in [2.45, 2.75) is 52.5 Å². The van der Waals surface area contributed by atoms with E-state index in [-0.39, 0.29) is 11.8 Å². The minimum absolute atomic E-state index is 0.0689. The molecule has 1 saturated heterocycles. The molecule has 0 bridgehead atoms. The number of likely N-dealkylation sites (tertiary alicyclic amines) is 1. The zero-order valence-corrected chi connectivity index (χ0v) is 19.3. The Balaban J connectivity index is 1.50. The van der Waals surface area contributed by atoms with E-state index in [0.29, 0.717) is 12.1 Å². The number of benzene rings is 1. The van der Waals surface area contributed by atoms with Crippen molar-refractivity contribution in [2.24, 2.45) is 7.05 Å². The molecular formula is C25H30N6O. The van der Waals surface area contributed by atoms with Crippen molar-refractivity contribution >= 4 is 28.0 Å². The molecule has 1 unspecified atom stereocenters. The molecule has 4 heterocycles. The first-order valence-electron chi connectivity index (χ1n) is 11.5. The molecule has 0 N–H and O–H groups in total. The Labute approximate surface area is 188 Å². The highest BCUT2D eigenvalue weighted by Crippen LogP contribution is 2.31. The van der Waals surface area contributed by atoms with Crippen LogP contribution in [0.15, 0.2) is 30.3 Å². The number of pyridine rings is 1. The maximum absolute atomic E-state index is 13.7. The van der Waals surface area contributed by atoms with E-state index < -0.39 is 0 Å². The molecular weight excluding hydrogens is 400 g/mol. The number of carbonyl (C=O) groups excluding carboxylic acids is 1. The number of rotatable bonds is 4. The fourth-order valence-corrected chi connectivity index (χ4v) is 5.15. The Morgan fingerprint density at radius 1 is 1.19 bits per heavy atom. The largest absolute Gasteiger partial charge is 0.338 e. The molecule has 0 aliphatic carbocycles. The molecule has 1 aromatic carbocycles. The van der Waals surface area contributed by atoms with Crippen LogP contribution in [-0.2, 0) is 13.6 Å². The van der Waals surface area contributed by atoms with E-state index in [1.807, 2.05) is 37.9 Å². The third-order valence-electron chi connectivity index (χ3n) is 6.53. The molecule has 1 aliphatic rings. The number of aryl methyl sites for hydroxylation is 4. The van der Waals surface area contributed by atoms with Crippen molar-refractivity contribution < 1.29 is 4.79 Å². The molecule has 166 valence electrons. The summed E-state index contributed by atoms with van der Waals surface area (Å²) in [6.45, 7) is 8.48. The average Bonchev–Trinajstić information content (AvgIpc) is 3.30. The topological polar surface area (TPSA) is 68.8 Å². The molecule has 1 amide bonds. The van der Waals surface area contributed by atoms with Gasteiger partial charge in [0.05, 0.1) is 27.7 Å². The summed E-state index contributed by atoms with van der Waals surface area (Å²) >= 11 is 0. The molecule has 32 heavy (non-hydrogen) atoms. The first kappa shape index (κ1) is 20.7. The van der Waals surface area contributed by atoms with Crippen molar-refractivity contribution in [3.8, 4) is 0 Å². The van der Waals surface area contributed by atoms with Gasteiger partial charge in [-0.15, -0.1) is 0 Å². The molecule has 0 radical (unpaired) electrons. The molecule has 0 spiro atoms. The van der Waals surface area contributed by atoms with Crippen LogP contribution in [0.25, 0.3) is 22.1 Å². The van der Waals surface area contributed by atoms with Crippen LogP contribution in [-0.4, -0.2) is 48.2 Å². The second-order valence-corrected chi connectivity index (χ2v) is 8.92. The second-order valence-electron chi connectivity index (χ2n) is 8.92. The van der Waals surface area contributed by atoms with E-state index >= 15 is 0 Å². The van der Waals surface area contributed by atoms with E-state index in [4.69, 9.17) is 4.98 Å². The molecule has 1 atom stereocenters. The van der Waals surface area contributed by atoms with Crippen LogP contribution in [0, 0.1) is 13.8 Å². The van der Waals surface area contributed by atoms with Gasteiger partial charge in [-0.25, -0.2) is 9.97 Å². The van der Waals surface area contributed by atoms with Gasteiger partial charge in [-0.2, -0.15) is 5.10 Å². The highest BCUT2D eigenvalue weighted by Gasteiger charge is 2.30. The molecule has 7 heteroatoms. The predicted octanol–water partition coefficient (Wildman–Crippen LogP) is 4.36. The monoisotopic (exact) mass is 430 g/mol. The van der Waals surface area contributed by atoms with Crippen molar-refractivity contribution in [1.82, 2.24) is 29.2 Å². The van der Waals surface area contributed by atoms with Crippen LogP contribution in [0.3, 0.4) is 0 Å². The van der Waals surface area contributed by atoms with Crippen LogP contribution in [0.2, 0.25) is 0 Å². The standard InChI is InChI=1S/C25H30N6O/c1-5-12-31-21-11-7-6-10-20(21)27-23(31)18-9-8-13-30(15-18)25(32)19-14-16(2)26-24-22(19)17(3)28-29(24)4/h6-7,10-11,14,18H,5,8-9,12-13,15H2,1-4H3. The summed E-state index contributed by atoms with van der Waals surface area (Å²) in [5.41, 5.74) is 5.38. The normalized spacial score (nSPS) is 16.9. The molecule has 4 aromatic rings. The number of nitrogens with zero attached hydrogens (tertiary/aromatic N) is 6. The van der Waals surface area contributed by atoms with Gasteiger partial charge in [0.25, 0.3) is 5.91 Å².